The van der Waals surface area contributed by atoms with E-state index in [9.17, 15) is 4.39 Å². The second-order valence-electron chi connectivity index (χ2n) is 6.38. The maximum absolute atomic E-state index is 14.0. The lowest BCUT2D eigenvalue weighted by molar-refractivity contribution is 0.0850. The first-order valence-electron chi connectivity index (χ1n) is 8.13. The van der Waals surface area contributed by atoms with Crippen LogP contribution in [0.1, 0.15) is 37.7 Å². The van der Waals surface area contributed by atoms with Crippen molar-refractivity contribution in [3.8, 4) is 0 Å². The van der Waals surface area contributed by atoms with Crippen molar-refractivity contribution >= 4 is 11.6 Å². The van der Waals surface area contributed by atoms with E-state index in [0.29, 0.717) is 17.6 Å². The van der Waals surface area contributed by atoms with E-state index in [0.717, 1.165) is 31.1 Å². The van der Waals surface area contributed by atoms with E-state index in [1.54, 1.807) is 6.07 Å². The molecule has 1 heterocycles. The molecule has 21 heavy (non-hydrogen) atoms. The highest BCUT2D eigenvalue weighted by Crippen LogP contribution is 2.30. The Morgan fingerprint density at radius 1 is 1.24 bits per heavy atom. The Morgan fingerprint density at radius 3 is 2.81 bits per heavy atom. The van der Waals surface area contributed by atoms with Crippen LogP contribution in [0.25, 0.3) is 0 Å². The van der Waals surface area contributed by atoms with Gasteiger partial charge in [0.15, 0.2) is 0 Å². The third kappa shape index (κ3) is 3.77. The Balaban J connectivity index is 1.71. The highest BCUT2D eigenvalue weighted by molar-refractivity contribution is 6.30. The molecule has 1 saturated heterocycles. The highest BCUT2D eigenvalue weighted by atomic mass is 35.5. The second kappa shape index (κ2) is 7.08. The largest absolute Gasteiger partial charge is 0.314 e. The van der Waals surface area contributed by atoms with Crippen molar-refractivity contribution in [2.24, 2.45) is 5.92 Å². The lowest BCUT2D eigenvalue weighted by Gasteiger charge is -2.42. The zero-order valence-electron chi connectivity index (χ0n) is 12.5. The van der Waals surface area contributed by atoms with Crippen LogP contribution < -0.4 is 5.32 Å². The van der Waals surface area contributed by atoms with Gasteiger partial charge in [-0.3, -0.25) is 4.90 Å². The minimum Gasteiger partial charge on any atom is -0.314 e. The molecule has 116 valence electrons. The van der Waals surface area contributed by atoms with Gasteiger partial charge in [0, 0.05) is 42.8 Å². The standard InChI is InChI=1S/C17H24ClFN2/c18-15-7-6-14(16(19)10-15)12-21-9-8-20-11-17(21)13-4-2-1-3-5-13/h6-7,10,13,17,20H,1-5,8-9,11-12H2. The molecule has 1 aliphatic heterocycles. The van der Waals surface area contributed by atoms with E-state index in [2.05, 4.69) is 10.2 Å². The van der Waals surface area contributed by atoms with Crippen LogP contribution in [0, 0.1) is 11.7 Å². The molecule has 0 amide bonds. The molecule has 0 radical (unpaired) electrons. The Morgan fingerprint density at radius 2 is 2.05 bits per heavy atom. The molecule has 1 atom stereocenters. The fraction of sp³-hybridized carbons (Fsp3) is 0.647. The molecule has 2 fully saturated rings. The Hall–Kier alpha value is -0.640. The van der Waals surface area contributed by atoms with Crippen molar-refractivity contribution in [3.05, 3.63) is 34.6 Å². The number of piperazine rings is 1. The summed E-state index contributed by atoms with van der Waals surface area (Å²) in [5.41, 5.74) is 0.766. The lowest BCUT2D eigenvalue weighted by atomic mass is 9.82. The number of halogens is 2. The monoisotopic (exact) mass is 310 g/mol. The van der Waals surface area contributed by atoms with Gasteiger partial charge in [-0.1, -0.05) is 36.9 Å². The van der Waals surface area contributed by atoms with Gasteiger partial charge >= 0.3 is 0 Å². The SMILES string of the molecule is Fc1cc(Cl)ccc1CN1CCNCC1C1CCCCC1. The molecule has 1 aliphatic carbocycles. The van der Waals surface area contributed by atoms with Crippen LogP contribution in [0.4, 0.5) is 4.39 Å². The fourth-order valence-corrected chi connectivity index (χ4v) is 3.98. The topological polar surface area (TPSA) is 15.3 Å². The summed E-state index contributed by atoms with van der Waals surface area (Å²) in [5, 5.41) is 3.99. The number of hydrogen-bond donors (Lipinski definition) is 1. The second-order valence-corrected chi connectivity index (χ2v) is 6.81. The summed E-state index contributed by atoms with van der Waals surface area (Å²) >= 11 is 5.85. The van der Waals surface area contributed by atoms with Crippen LogP contribution in [0.2, 0.25) is 5.02 Å². The van der Waals surface area contributed by atoms with Gasteiger partial charge in [0.2, 0.25) is 0 Å². The zero-order chi connectivity index (χ0) is 14.7. The summed E-state index contributed by atoms with van der Waals surface area (Å²) < 4.78 is 14.0. The summed E-state index contributed by atoms with van der Waals surface area (Å²) in [6, 6.07) is 5.60. The van der Waals surface area contributed by atoms with Crippen LogP contribution in [0.3, 0.4) is 0 Å². The van der Waals surface area contributed by atoms with E-state index in [1.807, 2.05) is 6.07 Å². The fourth-order valence-electron chi connectivity index (χ4n) is 3.82. The smallest absolute Gasteiger partial charge is 0.129 e. The number of rotatable bonds is 3. The molecule has 4 heteroatoms. The number of benzene rings is 1. The Bertz CT molecular complexity index is 474. The summed E-state index contributed by atoms with van der Waals surface area (Å²) in [6.45, 7) is 3.74. The van der Waals surface area contributed by atoms with Crippen molar-refractivity contribution < 1.29 is 4.39 Å². The average Bonchev–Trinajstić information content (AvgIpc) is 2.51. The normalized spacial score (nSPS) is 25.1. The predicted octanol–water partition coefficient (Wildman–Crippen LogP) is 3.83. The third-order valence-corrected chi connectivity index (χ3v) is 5.22. The summed E-state index contributed by atoms with van der Waals surface area (Å²) in [7, 11) is 0. The minimum atomic E-state index is -0.177. The van der Waals surface area contributed by atoms with E-state index < -0.39 is 0 Å². The molecule has 2 nitrogen and oxygen atoms in total. The first-order chi connectivity index (χ1) is 10.2. The Labute approximate surface area is 131 Å². The van der Waals surface area contributed by atoms with Crippen molar-refractivity contribution in [1.29, 1.82) is 0 Å². The third-order valence-electron chi connectivity index (χ3n) is 4.98. The number of nitrogens with zero attached hydrogens (tertiary/aromatic N) is 1. The highest BCUT2D eigenvalue weighted by Gasteiger charge is 2.30. The average molecular weight is 311 g/mol. The van der Waals surface area contributed by atoms with E-state index in [1.165, 1.54) is 38.2 Å². The van der Waals surface area contributed by atoms with E-state index in [4.69, 9.17) is 11.6 Å². The van der Waals surface area contributed by atoms with Crippen molar-refractivity contribution in [2.75, 3.05) is 19.6 Å². The first kappa shape index (κ1) is 15.3. The summed E-state index contributed by atoms with van der Waals surface area (Å²) in [5.74, 6) is 0.588. The zero-order valence-corrected chi connectivity index (χ0v) is 13.2. The summed E-state index contributed by atoms with van der Waals surface area (Å²) in [4.78, 5) is 2.47. The van der Waals surface area contributed by atoms with Gasteiger partial charge in [-0.05, 0) is 30.9 Å². The van der Waals surface area contributed by atoms with Gasteiger partial charge in [0.05, 0.1) is 0 Å². The lowest BCUT2D eigenvalue weighted by Crippen LogP contribution is -2.54. The maximum atomic E-state index is 14.0. The molecule has 3 rings (SSSR count). The Kier molecular flexibility index (Phi) is 5.15. The van der Waals surface area contributed by atoms with E-state index >= 15 is 0 Å². The number of nitrogens with one attached hydrogen (secondary N) is 1. The van der Waals surface area contributed by atoms with Gasteiger partial charge in [-0.2, -0.15) is 0 Å². The molecular weight excluding hydrogens is 287 g/mol. The molecule has 0 bridgehead atoms. The van der Waals surface area contributed by atoms with Gasteiger partial charge in [-0.25, -0.2) is 4.39 Å². The molecule has 1 unspecified atom stereocenters. The molecule has 1 saturated carbocycles. The van der Waals surface area contributed by atoms with Gasteiger partial charge < -0.3 is 5.32 Å². The van der Waals surface area contributed by atoms with Crippen LogP contribution in [0.15, 0.2) is 18.2 Å². The minimum absolute atomic E-state index is 0.177. The predicted molar refractivity (Wildman–Crippen MR) is 85.1 cm³/mol. The summed E-state index contributed by atoms with van der Waals surface area (Å²) in [6.07, 6.45) is 6.73. The molecule has 0 spiro atoms. The maximum Gasteiger partial charge on any atom is 0.129 e. The van der Waals surface area contributed by atoms with Crippen LogP contribution in [-0.4, -0.2) is 30.6 Å². The first-order valence-corrected chi connectivity index (χ1v) is 8.50. The van der Waals surface area contributed by atoms with E-state index in [-0.39, 0.29) is 5.82 Å². The van der Waals surface area contributed by atoms with Crippen LogP contribution in [-0.2, 0) is 6.54 Å². The molecule has 1 N–H and O–H groups in total. The van der Waals surface area contributed by atoms with Gasteiger partial charge in [-0.15, -0.1) is 0 Å². The van der Waals surface area contributed by atoms with Gasteiger partial charge in [0.25, 0.3) is 0 Å². The van der Waals surface area contributed by atoms with Crippen LogP contribution in [0.5, 0.6) is 0 Å². The molecule has 1 aromatic rings. The quantitative estimate of drug-likeness (QED) is 0.912. The molecule has 1 aromatic carbocycles. The number of hydrogen-bond acceptors (Lipinski definition) is 2. The van der Waals surface area contributed by atoms with Crippen molar-refractivity contribution in [2.45, 2.75) is 44.7 Å². The molecular formula is C17H24ClFN2. The molecule has 0 aromatic heterocycles. The molecule has 2 aliphatic rings. The van der Waals surface area contributed by atoms with Gasteiger partial charge in [0.1, 0.15) is 5.82 Å². The van der Waals surface area contributed by atoms with Crippen LogP contribution >= 0.6 is 11.6 Å². The van der Waals surface area contributed by atoms with Crippen molar-refractivity contribution in [3.63, 3.8) is 0 Å². The van der Waals surface area contributed by atoms with Crippen molar-refractivity contribution in [1.82, 2.24) is 10.2 Å².